The molecule has 3 aromatic rings. The van der Waals surface area contributed by atoms with Crippen LogP contribution in [-0.4, -0.2) is 52.6 Å². The molecule has 0 saturated carbocycles. The van der Waals surface area contributed by atoms with Crippen LogP contribution in [0.5, 0.6) is 0 Å². The zero-order chi connectivity index (χ0) is 21.9. The normalized spacial score (nSPS) is 18.2. The molecule has 1 saturated heterocycles. The number of piperazine rings is 1. The number of amides is 1. The number of benzene rings is 1. The molecule has 4 heterocycles. The third-order valence-corrected chi connectivity index (χ3v) is 5.73. The van der Waals surface area contributed by atoms with Gasteiger partial charge in [0, 0.05) is 56.5 Å². The summed E-state index contributed by atoms with van der Waals surface area (Å²) in [6.07, 6.45) is 8.26. The molecule has 32 heavy (non-hydrogen) atoms. The van der Waals surface area contributed by atoms with Crippen molar-refractivity contribution in [2.75, 3.05) is 26.2 Å². The molecule has 160 valence electrons. The first-order chi connectivity index (χ1) is 15.7. The lowest BCUT2D eigenvalue weighted by molar-refractivity contribution is 0.0736. The summed E-state index contributed by atoms with van der Waals surface area (Å²) in [7, 11) is 0. The average Bonchev–Trinajstić information content (AvgIpc) is 3.25. The van der Waals surface area contributed by atoms with E-state index in [4.69, 9.17) is 5.73 Å². The number of hydrogen-bond acceptors (Lipinski definition) is 5. The lowest BCUT2D eigenvalue weighted by Gasteiger charge is -2.27. The lowest BCUT2D eigenvalue weighted by atomic mass is 10.0. The van der Waals surface area contributed by atoms with Crippen molar-refractivity contribution in [2.45, 2.75) is 6.42 Å². The van der Waals surface area contributed by atoms with E-state index in [0.717, 1.165) is 55.1 Å². The Morgan fingerprint density at radius 3 is 2.66 bits per heavy atom. The Morgan fingerprint density at radius 2 is 1.88 bits per heavy atom. The van der Waals surface area contributed by atoms with E-state index in [-0.39, 0.29) is 11.8 Å². The first kappa shape index (κ1) is 20.0. The molecule has 5 rings (SSSR count). The molecular formula is C25H24N6O. The number of allylic oxidation sites excluding steroid dienone is 1. The fourth-order valence-electron chi connectivity index (χ4n) is 3.96. The van der Waals surface area contributed by atoms with Crippen molar-refractivity contribution in [1.29, 1.82) is 0 Å². The largest absolute Gasteiger partial charge is 0.384 e. The van der Waals surface area contributed by atoms with E-state index in [0.29, 0.717) is 11.4 Å². The topological polar surface area (TPSA) is 88.0 Å². The summed E-state index contributed by atoms with van der Waals surface area (Å²) in [6, 6.07) is 11.8. The quantitative estimate of drug-likeness (QED) is 0.618. The maximum absolute atomic E-state index is 12.7. The number of aromatic nitrogens is 2. The second-order valence-electron chi connectivity index (χ2n) is 7.92. The first-order valence-corrected chi connectivity index (χ1v) is 10.8. The Labute approximate surface area is 186 Å². The van der Waals surface area contributed by atoms with E-state index in [1.165, 1.54) is 0 Å². The van der Waals surface area contributed by atoms with Gasteiger partial charge in [-0.05, 0) is 47.4 Å². The molecule has 2 aliphatic heterocycles. The number of nitrogens with zero attached hydrogens (tertiary/aromatic N) is 4. The Morgan fingerprint density at radius 1 is 1.09 bits per heavy atom. The summed E-state index contributed by atoms with van der Waals surface area (Å²) in [5, 5.41) is 3.27. The maximum Gasteiger partial charge on any atom is 0.253 e. The predicted molar refractivity (Wildman–Crippen MR) is 125 cm³/mol. The number of fused-ring (bicyclic) bond motifs is 1. The van der Waals surface area contributed by atoms with Gasteiger partial charge >= 0.3 is 0 Å². The van der Waals surface area contributed by atoms with E-state index < -0.39 is 0 Å². The van der Waals surface area contributed by atoms with E-state index in [1.807, 2.05) is 58.0 Å². The van der Waals surface area contributed by atoms with Gasteiger partial charge in [-0.3, -0.25) is 9.20 Å². The third kappa shape index (κ3) is 4.13. The summed E-state index contributed by atoms with van der Waals surface area (Å²) in [5.41, 5.74) is 10.2. The summed E-state index contributed by atoms with van der Waals surface area (Å²) < 4.78 is 1.99. The van der Waals surface area contributed by atoms with Crippen LogP contribution in [0, 0.1) is 17.8 Å². The van der Waals surface area contributed by atoms with Crippen molar-refractivity contribution in [3.8, 4) is 23.0 Å². The van der Waals surface area contributed by atoms with Gasteiger partial charge in [-0.2, -0.15) is 0 Å². The van der Waals surface area contributed by atoms with Crippen LogP contribution >= 0.6 is 0 Å². The molecule has 0 bridgehead atoms. The highest BCUT2D eigenvalue weighted by atomic mass is 16.2. The van der Waals surface area contributed by atoms with Crippen LogP contribution in [0.4, 0.5) is 0 Å². The molecule has 2 aliphatic rings. The van der Waals surface area contributed by atoms with Crippen molar-refractivity contribution in [2.24, 2.45) is 16.6 Å². The van der Waals surface area contributed by atoms with Gasteiger partial charge in [0.05, 0.1) is 6.20 Å². The van der Waals surface area contributed by atoms with Crippen LogP contribution in [0.15, 0.2) is 65.7 Å². The summed E-state index contributed by atoms with van der Waals surface area (Å²) in [5.74, 6) is 7.13. The lowest BCUT2D eigenvalue weighted by Crippen LogP contribution is -2.46. The Bertz CT molecular complexity index is 1270. The number of nitrogens with one attached hydrogen (secondary N) is 1. The van der Waals surface area contributed by atoms with Crippen molar-refractivity contribution in [3.63, 3.8) is 0 Å². The Balaban J connectivity index is 1.38. The number of rotatable bonds is 2. The number of carbonyl (C=O) groups is 1. The standard InChI is InChI=1S/C25H24N6O/c26-23-15-18(9-10-28-23)1-7-22-16-29-24-8-6-21(17-31(22)24)19-2-4-20(5-3-19)25(32)30-13-11-27-12-14-30/h2-6,8,10,15-18,27H,9,11-14,26H2. The molecule has 1 unspecified atom stereocenters. The minimum atomic E-state index is 0.0574. The summed E-state index contributed by atoms with van der Waals surface area (Å²) in [4.78, 5) is 23.1. The molecular weight excluding hydrogens is 400 g/mol. The fraction of sp³-hybridized carbons (Fsp3) is 0.240. The zero-order valence-electron chi connectivity index (χ0n) is 17.7. The van der Waals surface area contributed by atoms with Crippen molar-refractivity contribution in [3.05, 3.63) is 71.9 Å². The second-order valence-corrected chi connectivity index (χ2v) is 7.92. The molecule has 1 aromatic carbocycles. The van der Waals surface area contributed by atoms with Gasteiger partial charge in [-0.15, -0.1) is 0 Å². The minimum Gasteiger partial charge on any atom is -0.384 e. The van der Waals surface area contributed by atoms with Crippen molar-refractivity contribution in [1.82, 2.24) is 19.6 Å². The molecule has 0 radical (unpaired) electrons. The first-order valence-electron chi connectivity index (χ1n) is 10.8. The SMILES string of the molecule is NC1=CC(C#Cc2cnc3ccc(-c4ccc(C(=O)N5CCNCC5)cc4)cn23)CC=N1. The molecule has 7 heteroatoms. The highest BCUT2D eigenvalue weighted by Gasteiger charge is 2.17. The van der Waals surface area contributed by atoms with Gasteiger partial charge in [0.1, 0.15) is 17.2 Å². The number of nitrogens with two attached hydrogens (primary N) is 1. The van der Waals surface area contributed by atoms with Crippen LogP contribution in [0.25, 0.3) is 16.8 Å². The highest BCUT2D eigenvalue weighted by Crippen LogP contribution is 2.22. The summed E-state index contributed by atoms with van der Waals surface area (Å²) in [6.45, 7) is 3.19. The molecule has 0 aliphatic carbocycles. The average molecular weight is 425 g/mol. The van der Waals surface area contributed by atoms with E-state index in [2.05, 4.69) is 27.1 Å². The van der Waals surface area contributed by atoms with Gasteiger partial charge in [0.15, 0.2) is 0 Å². The van der Waals surface area contributed by atoms with E-state index >= 15 is 0 Å². The summed E-state index contributed by atoms with van der Waals surface area (Å²) >= 11 is 0. The molecule has 1 fully saturated rings. The predicted octanol–water partition coefficient (Wildman–Crippen LogP) is 2.29. The number of carbonyl (C=O) groups excluding carboxylic acids is 1. The van der Waals surface area contributed by atoms with Gasteiger partial charge in [-0.25, -0.2) is 9.98 Å². The van der Waals surface area contributed by atoms with Gasteiger partial charge in [-0.1, -0.05) is 18.1 Å². The van der Waals surface area contributed by atoms with Gasteiger partial charge in [0.25, 0.3) is 5.91 Å². The third-order valence-electron chi connectivity index (χ3n) is 5.73. The smallest absolute Gasteiger partial charge is 0.253 e. The fourth-order valence-corrected chi connectivity index (χ4v) is 3.96. The van der Waals surface area contributed by atoms with E-state index in [9.17, 15) is 4.79 Å². The molecule has 7 nitrogen and oxygen atoms in total. The molecule has 1 amide bonds. The molecule has 2 aromatic heterocycles. The van der Waals surface area contributed by atoms with E-state index in [1.54, 1.807) is 12.4 Å². The van der Waals surface area contributed by atoms with Crippen LogP contribution in [0.2, 0.25) is 0 Å². The number of pyridine rings is 1. The minimum absolute atomic E-state index is 0.0574. The molecule has 3 N–H and O–H groups in total. The number of aliphatic imine (C=N–C) groups is 1. The van der Waals surface area contributed by atoms with Crippen LogP contribution in [0.1, 0.15) is 22.5 Å². The second kappa shape index (κ2) is 8.69. The Hall–Kier alpha value is -3.89. The van der Waals surface area contributed by atoms with Crippen LogP contribution in [-0.2, 0) is 0 Å². The molecule has 0 spiro atoms. The van der Waals surface area contributed by atoms with Crippen molar-refractivity contribution < 1.29 is 4.79 Å². The van der Waals surface area contributed by atoms with Gasteiger partial charge in [0.2, 0.25) is 0 Å². The van der Waals surface area contributed by atoms with Crippen LogP contribution in [0.3, 0.4) is 0 Å². The van der Waals surface area contributed by atoms with Crippen LogP contribution < -0.4 is 11.1 Å². The monoisotopic (exact) mass is 424 g/mol. The highest BCUT2D eigenvalue weighted by molar-refractivity contribution is 5.94. The zero-order valence-corrected chi connectivity index (χ0v) is 17.7. The number of imidazole rings is 1. The number of hydrogen-bond donors (Lipinski definition) is 2. The molecule has 1 atom stereocenters. The van der Waals surface area contributed by atoms with Gasteiger partial charge < -0.3 is 16.0 Å². The Kier molecular flexibility index (Phi) is 5.44. The maximum atomic E-state index is 12.7. The van der Waals surface area contributed by atoms with Crippen molar-refractivity contribution >= 4 is 17.8 Å².